The number of amides is 3. The first-order valence-corrected chi connectivity index (χ1v) is 4.81. The zero-order valence-corrected chi connectivity index (χ0v) is 9.60. The highest BCUT2D eigenvalue weighted by atomic mass is 16.5. The Kier molecular flexibility index (Phi) is 3.48. The number of hydrogen-bond donors (Lipinski definition) is 1. The molecule has 0 radical (unpaired) electrons. The third-order valence-electron chi connectivity index (χ3n) is 2.15. The third kappa shape index (κ3) is 2.10. The first-order valence-electron chi connectivity index (χ1n) is 4.81. The molecule has 1 rings (SSSR count). The Morgan fingerprint density at radius 1 is 1.47 bits per heavy atom. The standard InChI is InChI=1S/C10H11N3O4/c1-5(2)13-8(14)7(12-10(13)16)6(4-11)9(15)17-3/h5H,1-3H3,(H,12,16). The van der Waals surface area contributed by atoms with Gasteiger partial charge in [0.1, 0.15) is 11.8 Å². The predicted molar refractivity (Wildman–Crippen MR) is 55.2 cm³/mol. The largest absolute Gasteiger partial charge is 0.465 e. The summed E-state index contributed by atoms with van der Waals surface area (Å²) in [4.78, 5) is 35.4. The Bertz CT molecular complexity index is 459. The molecule has 1 aliphatic rings. The van der Waals surface area contributed by atoms with E-state index in [4.69, 9.17) is 5.26 Å². The van der Waals surface area contributed by atoms with Crippen LogP contribution in [-0.4, -0.2) is 36.0 Å². The topological polar surface area (TPSA) is 99.5 Å². The minimum absolute atomic E-state index is 0.335. The first kappa shape index (κ1) is 12.7. The quantitative estimate of drug-likeness (QED) is 0.313. The lowest BCUT2D eigenvalue weighted by atomic mass is 10.2. The molecule has 0 spiro atoms. The normalized spacial score (nSPS) is 17.9. The summed E-state index contributed by atoms with van der Waals surface area (Å²) in [6.07, 6.45) is 0. The van der Waals surface area contributed by atoms with Crippen molar-refractivity contribution in [3.8, 4) is 6.07 Å². The van der Waals surface area contributed by atoms with Gasteiger partial charge in [-0.2, -0.15) is 5.26 Å². The number of urea groups is 1. The molecule has 0 aromatic carbocycles. The van der Waals surface area contributed by atoms with E-state index in [1.807, 2.05) is 0 Å². The van der Waals surface area contributed by atoms with Gasteiger partial charge >= 0.3 is 12.0 Å². The highest BCUT2D eigenvalue weighted by Gasteiger charge is 2.39. The number of carbonyl (C=O) groups is 3. The smallest absolute Gasteiger partial charge is 0.350 e. The molecule has 1 fully saturated rings. The molecule has 0 bridgehead atoms. The van der Waals surface area contributed by atoms with Crippen molar-refractivity contribution in [3.05, 3.63) is 11.3 Å². The van der Waals surface area contributed by atoms with Crippen molar-refractivity contribution in [1.82, 2.24) is 10.2 Å². The molecule has 7 nitrogen and oxygen atoms in total. The fourth-order valence-electron chi connectivity index (χ4n) is 1.38. The number of esters is 1. The van der Waals surface area contributed by atoms with Gasteiger partial charge in [-0.3, -0.25) is 9.69 Å². The first-order chi connectivity index (χ1) is 7.93. The highest BCUT2D eigenvalue weighted by molar-refractivity contribution is 6.16. The summed E-state index contributed by atoms with van der Waals surface area (Å²) in [7, 11) is 1.09. The van der Waals surface area contributed by atoms with Crippen molar-refractivity contribution in [2.24, 2.45) is 0 Å². The van der Waals surface area contributed by atoms with Crippen LogP contribution in [0.4, 0.5) is 4.79 Å². The summed E-state index contributed by atoms with van der Waals surface area (Å²) < 4.78 is 4.35. The maximum absolute atomic E-state index is 11.8. The number of hydrogen-bond acceptors (Lipinski definition) is 5. The summed E-state index contributed by atoms with van der Waals surface area (Å²) in [5, 5.41) is 11.0. The lowest BCUT2D eigenvalue weighted by Crippen LogP contribution is -2.36. The van der Waals surface area contributed by atoms with Crippen LogP contribution in [0, 0.1) is 11.3 Å². The van der Waals surface area contributed by atoms with Gasteiger partial charge in [-0.25, -0.2) is 9.59 Å². The number of carbonyl (C=O) groups excluding carboxylic acids is 3. The monoisotopic (exact) mass is 237 g/mol. The lowest BCUT2D eigenvalue weighted by molar-refractivity contribution is -0.136. The van der Waals surface area contributed by atoms with Gasteiger partial charge < -0.3 is 10.1 Å². The van der Waals surface area contributed by atoms with E-state index in [-0.39, 0.29) is 11.7 Å². The SMILES string of the molecule is COC(=O)C(C#N)=C1NC(=O)N(C(C)C)C1=O. The van der Waals surface area contributed by atoms with Crippen molar-refractivity contribution in [2.75, 3.05) is 7.11 Å². The fraction of sp³-hybridized carbons (Fsp3) is 0.400. The van der Waals surface area contributed by atoms with E-state index in [1.165, 1.54) is 0 Å². The second-order valence-electron chi connectivity index (χ2n) is 3.55. The Morgan fingerprint density at radius 3 is 2.41 bits per heavy atom. The molecule has 1 heterocycles. The zero-order valence-electron chi connectivity index (χ0n) is 9.60. The van der Waals surface area contributed by atoms with Crippen LogP contribution in [0.15, 0.2) is 11.3 Å². The molecule has 1 saturated heterocycles. The number of imide groups is 1. The molecule has 1 aliphatic heterocycles. The summed E-state index contributed by atoms with van der Waals surface area (Å²) in [5.74, 6) is -1.66. The molecular weight excluding hydrogens is 226 g/mol. The molecule has 7 heteroatoms. The van der Waals surface area contributed by atoms with Crippen LogP contribution in [0.2, 0.25) is 0 Å². The molecular formula is C10H11N3O4. The second kappa shape index (κ2) is 4.65. The van der Waals surface area contributed by atoms with Crippen LogP contribution < -0.4 is 5.32 Å². The molecule has 1 N–H and O–H groups in total. The Labute approximate surface area is 97.6 Å². The van der Waals surface area contributed by atoms with E-state index < -0.39 is 23.5 Å². The fourth-order valence-corrected chi connectivity index (χ4v) is 1.38. The average molecular weight is 237 g/mol. The van der Waals surface area contributed by atoms with Crippen LogP contribution in [-0.2, 0) is 14.3 Å². The van der Waals surface area contributed by atoms with Gasteiger partial charge in [0.15, 0.2) is 5.57 Å². The molecule has 0 aromatic heterocycles. The van der Waals surface area contributed by atoms with Crippen molar-refractivity contribution in [1.29, 1.82) is 5.26 Å². The lowest BCUT2D eigenvalue weighted by Gasteiger charge is -2.15. The Hall–Kier alpha value is -2.36. The van der Waals surface area contributed by atoms with Crippen LogP contribution in [0.5, 0.6) is 0 Å². The minimum Gasteiger partial charge on any atom is -0.465 e. The molecule has 0 saturated carbocycles. The number of methoxy groups -OCH3 is 1. The van der Waals surface area contributed by atoms with E-state index in [0.717, 1.165) is 12.0 Å². The maximum atomic E-state index is 11.8. The minimum atomic E-state index is -0.957. The molecule has 3 amide bonds. The van der Waals surface area contributed by atoms with Gasteiger partial charge in [-0.1, -0.05) is 0 Å². The van der Waals surface area contributed by atoms with E-state index in [9.17, 15) is 14.4 Å². The second-order valence-corrected chi connectivity index (χ2v) is 3.55. The number of nitriles is 1. The van der Waals surface area contributed by atoms with E-state index in [1.54, 1.807) is 19.9 Å². The van der Waals surface area contributed by atoms with E-state index in [0.29, 0.717) is 0 Å². The Morgan fingerprint density at radius 2 is 2.06 bits per heavy atom. The van der Waals surface area contributed by atoms with Crippen LogP contribution in [0.3, 0.4) is 0 Å². The summed E-state index contributed by atoms with van der Waals surface area (Å²) in [6, 6.07) is 0.529. The van der Waals surface area contributed by atoms with Crippen LogP contribution >= 0.6 is 0 Å². The molecule has 90 valence electrons. The average Bonchev–Trinajstić information content (AvgIpc) is 2.55. The van der Waals surface area contributed by atoms with Gasteiger partial charge in [0.25, 0.3) is 5.91 Å². The summed E-state index contributed by atoms with van der Waals surface area (Å²) >= 11 is 0. The number of ether oxygens (including phenoxy) is 1. The number of rotatable bonds is 2. The van der Waals surface area contributed by atoms with Gasteiger partial charge in [-0.15, -0.1) is 0 Å². The predicted octanol–water partition coefficient (Wildman–Crippen LogP) is -0.103. The van der Waals surface area contributed by atoms with E-state index in [2.05, 4.69) is 10.1 Å². The number of nitrogens with zero attached hydrogens (tertiary/aromatic N) is 2. The van der Waals surface area contributed by atoms with Crippen LogP contribution in [0.1, 0.15) is 13.8 Å². The summed E-state index contributed by atoms with van der Waals surface area (Å²) in [6.45, 7) is 3.29. The molecule has 0 aromatic rings. The van der Waals surface area contributed by atoms with Crippen molar-refractivity contribution in [2.45, 2.75) is 19.9 Å². The highest BCUT2D eigenvalue weighted by Crippen LogP contribution is 2.16. The molecule has 0 aliphatic carbocycles. The van der Waals surface area contributed by atoms with Gasteiger partial charge in [0.05, 0.1) is 7.11 Å². The van der Waals surface area contributed by atoms with E-state index >= 15 is 0 Å². The molecule has 0 atom stereocenters. The Balaban J connectivity index is 3.23. The molecule has 17 heavy (non-hydrogen) atoms. The zero-order chi connectivity index (χ0) is 13.2. The number of nitrogens with one attached hydrogen (secondary N) is 1. The van der Waals surface area contributed by atoms with Gasteiger partial charge in [-0.05, 0) is 13.8 Å². The van der Waals surface area contributed by atoms with Crippen LogP contribution in [0.25, 0.3) is 0 Å². The van der Waals surface area contributed by atoms with Gasteiger partial charge in [0.2, 0.25) is 0 Å². The maximum Gasteiger partial charge on any atom is 0.350 e. The van der Waals surface area contributed by atoms with Gasteiger partial charge in [0, 0.05) is 6.04 Å². The summed E-state index contributed by atoms with van der Waals surface area (Å²) in [5.41, 5.74) is -0.841. The third-order valence-corrected chi connectivity index (χ3v) is 2.15. The van der Waals surface area contributed by atoms with Crippen molar-refractivity contribution < 1.29 is 19.1 Å². The molecule has 0 unspecified atom stereocenters. The van der Waals surface area contributed by atoms with Crippen molar-refractivity contribution >= 4 is 17.9 Å². The van der Waals surface area contributed by atoms with Crippen molar-refractivity contribution in [3.63, 3.8) is 0 Å².